The molecule has 1 aliphatic heterocycles. The number of likely N-dealkylation sites (tertiary alicyclic amines) is 1. The van der Waals surface area contributed by atoms with E-state index in [9.17, 15) is 0 Å². The Morgan fingerprint density at radius 2 is 2.07 bits per heavy atom. The predicted molar refractivity (Wildman–Crippen MR) is 59.2 cm³/mol. The molecule has 1 aromatic heterocycles. The average Bonchev–Trinajstić information content (AvgIpc) is 2.32. The van der Waals surface area contributed by atoms with Gasteiger partial charge >= 0.3 is 0 Å². The number of rotatable bonds is 1. The molecule has 0 spiro atoms. The molecule has 2 rings (SSSR count). The SMILES string of the molecule is C(#Cc1cnccn1)CN1CCCCC1. The fourth-order valence-electron chi connectivity index (χ4n) is 1.72. The van der Waals surface area contributed by atoms with E-state index in [0.717, 1.165) is 12.2 Å². The van der Waals surface area contributed by atoms with Crippen LogP contribution in [-0.4, -0.2) is 34.5 Å². The van der Waals surface area contributed by atoms with Gasteiger partial charge in [0.2, 0.25) is 0 Å². The van der Waals surface area contributed by atoms with Gasteiger partial charge in [-0.1, -0.05) is 12.3 Å². The van der Waals surface area contributed by atoms with Gasteiger partial charge in [-0.25, -0.2) is 4.98 Å². The Morgan fingerprint density at radius 1 is 1.20 bits per heavy atom. The molecular weight excluding hydrogens is 186 g/mol. The highest BCUT2D eigenvalue weighted by Crippen LogP contribution is 2.07. The highest BCUT2D eigenvalue weighted by molar-refractivity contribution is 5.24. The highest BCUT2D eigenvalue weighted by Gasteiger charge is 2.07. The van der Waals surface area contributed by atoms with Gasteiger partial charge in [0, 0.05) is 12.4 Å². The minimum absolute atomic E-state index is 0.759. The minimum Gasteiger partial charge on any atom is -0.292 e. The van der Waals surface area contributed by atoms with E-state index in [-0.39, 0.29) is 0 Å². The second kappa shape index (κ2) is 5.47. The molecule has 1 aliphatic rings. The molecule has 1 aromatic rings. The predicted octanol–water partition coefficient (Wildman–Crippen LogP) is 1.31. The number of hydrogen-bond donors (Lipinski definition) is 0. The van der Waals surface area contributed by atoms with Crippen LogP contribution < -0.4 is 0 Å². The average molecular weight is 201 g/mol. The van der Waals surface area contributed by atoms with Crippen LogP contribution in [0.2, 0.25) is 0 Å². The molecule has 0 atom stereocenters. The minimum atomic E-state index is 0.759. The number of piperidine rings is 1. The zero-order valence-corrected chi connectivity index (χ0v) is 8.82. The van der Waals surface area contributed by atoms with E-state index in [1.165, 1.54) is 32.4 Å². The highest BCUT2D eigenvalue weighted by atomic mass is 15.1. The molecule has 1 saturated heterocycles. The van der Waals surface area contributed by atoms with Gasteiger partial charge in [-0.2, -0.15) is 0 Å². The van der Waals surface area contributed by atoms with E-state index in [4.69, 9.17) is 0 Å². The van der Waals surface area contributed by atoms with Crippen molar-refractivity contribution >= 4 is 0 Å². The Balaban J connectivity index is 1.84. The van der Waals surface area contributed by atoms with Gasteiger partial charge in [0.25, 0.3) is 0 Å². The Bertz CT molecular complexity index is 344. The summed E-state index contributed by atoms with van der Waals surface area (Å²) in [4.78, 5) is 10.5. The summed E-state index contributed by atoms with van der Waals surface area (Å²) < 4.78 is 0. The van der Waals surface area contributed by atoms with Gasteiger partial charge in [-0.15, -0.1) is 0 Å². The first-order valence-corrected chi connectivity index (χ1v) is 5.42. The molecule has 3 heteroatoms. The Hall–Kier alpha value is -1.40. The van der Waals surface area contributed by atoms with Gasteiger partial charge < -0.3 is 0 Å². The summed E-state index contributed by atoms with van der Waals surface area (Å²) in [6.45, 7) is 3.24. The summed E-state index contributed by atoms with van der Waals surface area (Å²) in [6.07, 6.45) is 9.03. The second-order valence-corrected chi connectivity index (χ2v) is 3.73. The normalized spacial score (nSPS) is 16.8. The van der Waals surface area contributed by atoms with Crippen LogP contribution in [0.4, 0.5) is 0 Å². The van der Waals surface area contributed by atoms with E-state index < -0.39 is 0 Å². The van der Waals surface area contributed by atoms with Crippen LogP contribution in [0.3, 0.4) is 0 Å². The third-order valence-electron chi connectivity index (χ3n) is 2.53. The van der Waals surface area contributed by atoms with E-state index in [0.29, 0.717) is 0 Å². The molecule has 0 unspecified atom stereocenters. The second-order valence-electron chi connectivity index (χ2n) is 3.73. The van der Waals surface area contributed by atoms with Gasteiger partial charge in [-0.05, 0) is 31.9 Å². The van der Waals surface area contributed by atoms with Crippen molar-refractivity contribution in [3.63, 3.8) is 0 Å². The Labute approximate surface area is 90.5 Å². The summed E-state index contributed by atoms with van der Waals surface area (Å²) in [5, 5.41) is 0. The zero-order valence-electron chi connectivity index (χ0n) is 8.82. The van der Waals surface area contributed by atoms with Crippen LogP contribution in [0.5, 0.6) is 0 Å². The summed E-state index contributed by atoms with van der Waals surface area (Å²) in [5.74, 6) is 6.17. The zero-order chi connectivity index (χ0) is 10.3. The molecule has 15 heavy (non-hydrogen) atoms. The van der Waals surface area contributed by atoms with Crippen LogP contribution in [0.25, 0.3) is 0 Å². The lowest BCUT2D eigenvalue weighted by Gasteiger charge is -2.23. The smallest absolute Gasteiger partial charge is 0.131 e. The largest absolute Gasteiger partial charge is 0.292 e. The summed E-state index contributed by atoms with van der Waals surface area (Å²) >= 11 is 0. The molecule has 0 radical (unpaired) electrons. The fraction of sp³-hybridized carbons (Fsp3) is 0.500. The third kappa shape index (κ3) is 3.34. The van der Waals surface area contributed by atoms with Crippen molar-refractivity contribution in [2.45, 2.75) is 19.3 Å². The molecule has 0 aromatic carbocycles. The van der Waals surface area contributed by atoms with Gasteiger partial charge in [-0.3, -0.25) is 9.88 Å². The van der Waals surface area contributed by atoms with E-state index >= 15 is 0 Å². The molecule has 0 aliphatic carbocycles. The molecular formula is C12H15N3. The third-order valence-corrected chi connectivity index (χ3v) is 2.53. The lowest BCUT2D eigenvalue weighted by atomic mass is 10.1. The summed E-state index contributed by atoms with van der Waals surface area (Å²) in [7, 11) is 0. The van der Waals surface area contributed by atoms with Crippen LogP contribution in [0.15, 0.2) is 18.6 Å². The molecule has 0 amide bonds. The lowest BCUT2D eigenvalue weighted by Crippen LogP contribution is -2.29. The van der Waals surface area contributed by atoms with E-state index in [1.54, 1.807) is 18.6 Å². The molecule has 0 N–H and O–H groups in total. The lowest BCUT2D eigenvalue weighted by molar-refractivity contribution is 0.255. The van der Waals surface area contributed by atoms with Crippen molar-refractivity contribution in [3.05, 3.63) is 24.3 Å². The maximum atomic E-state index is 4.11. The van der Waals surface area contributed by atoms with Crippen molar-refractivity contribution in [3.8, 4) is 11.8 Å². The van der Waals surface area contributed by atoms with Crippen LogP contribution >= 0.6 is 0 Å². The van der Waals surface area contributed by atoms with Crippen LogP contribution in [0.1, 0.15) is 25.0 Å². The van der Waals surface area contributed by atoms with Crippen molar-refractivity contribution in [2.75, 3.05) is 19.6 Å². The van der Waals surface area contributed by atoms with Crippen molar-refractivity contribution in [2.24, 2.45) is 0 Å². The standard InChI is InChI=1S/C12H15N3/c1-2-8-15(9-3-1)10-4-5-12-11-13-6-7-14-12/h6-7,11H,1-3,8-10H2. The Kier molecular flexibility index (Phi) is 3.70. The van der Waals surface area contributed by atoms with E-state index in [2.05, 4.69) is 26.7 Å². The van der Waals surface area contributed by atoms with Gasteiger partial charge in [0.15, 0.2) is 0 Å². The first-order valence-electron chi connectivity index (χ1n) is 5.42. The number of nitrogens with zero attached hydrogens (tertiary/aromatic N) is 3. The van der Waals surface area contributed by atoms with Crippen molar-refractivity contribution in [1.82, 2.24) is 14.9 Å². The maximum absolute atomic E-state index is 4.11. The van der Waals surface area contributed by atoms with Crippen molar-refractivity contribution < 1.29 is 0 Å². The van der Waals surface area contributed by atoms with E-state index in [1.807, 2.05) is 0 Å². The molecule has 78 valence electrons. The topological polar surface area (TPSA) is 29.0 Å². The van der Waals surface area contributed by atoms with Crippen molar-refractivity contribution in [1.29, 1.82) is 0 Å². The monoisotopic (exact) mass is 201 g/mol. The number of hydrogen-bond acceptors (Lipinski definition) is 3. The Morgan fingerprint density at radius 3 is 2.80 bits per heavy atom. The summed E-state index contributed by atoms with van der Waals surface area (Å²) in [5.41, 5.74) is 0.759. The first kappa shape index (κ1) is 10.1. The molecule has 1 fully saturated rings. The quantitative estimate of drug-likeness (QED) is 0.642. The molecule has 0 saturated carbocycles. The van der Waals surface area contributed by atoms with Gasteiger partial charge in [0.1, 0.15) is 5.69 Å². The van der Waals surface area contributed by atoms with Gasteiger partial charge in [0.05, 0.1) is 12.7 Å². The summed E-state index contributed by atoms with van der Waals surface area (Å²) in [6, 6.07) is 0. The van der Waals surface area contributed by atoms with Crippen LogP contribution in [0, 0.1) is 11.8 Å². The molecule has 2 heterocycles. The number of aromatic nitrogens is 2. The first-order chi connectivity index (χ1) is 7.45. The van der Waals surface area contributed by atoms with Crippen LogP contribution in [-0.2, 0) is 0 Å². The fourth-order valence-corrected chi connectivity index (χ4v) is 1.72. The molecule has 0 bridgehead atoms. The molecule has 3 nitrogen and oxygen atoms in total. The maximum Gasteiger partial charge on any atom is 0.131 e.